The van der Waals surface area contributed by atoms with Crippen LogP contribution in [-0.4, -0.2) is 11.1 Å². The average molecular weight is 408 g/mol. The molecule has 0 bridgehead atoms. The van der Waals surface area contributed by atoms with Gasteiger partial charge in [-0.05, 0) is 52.3 Å². The first-order valence-corrected chi connectivity index (χ1v) is 7.82. The van der Waals surface area contributed by atoms with Gasteiger partial charge < -0.3 is 10.8 Å². The maximum atomic E-state index is 11.2. The summed E-state index contributed by atoms with van der Waals surface area (Å²) in [5.74, 6) is -0.986. The summed E-state index contributed by atoms with van der Waals surface area (Å²) in [5.41, 5.74) is 8.06. The molecule has 0 radical (unpaired) electrons. The first-order chi connectivity index (χ1) is 8.95. The zero-order valence-corrected chi connectivity index (χ0v) is 13.8. The van der Waals surface area contributed by atoms with Gasteiger partial charge in [-0.15, -0.1) is 11.3 Å². The second-order valence-corrected chi connectivity index (χ2v) is 6.53. The van der Waals surface area contributed by atoms with E-state index < -0.39 is 5.97 Å². The Hall–Kier alpha value is -0.790. The molecule has 1 aromatic heterocycles. The number of halogens is 2. The van der Waals surface area contributed by atoms with Crippen molar-refractivity contribution >= 4 is 57.2 Å². The van der Waals surface area contributed by atoms with Crippen LogP contribution < -0.4 is 5.73 Å². The third-order valence-corrected chi connectivity index (χ3v) is 5.63. The lowest BCUT2D eigenvalue weighted by molar-refractivity contribution is 0.0703. The number of hydrogen-bond donors (Lipinski definition) is 2. The molecule has 0 amide bonds. The van der Waals surface area contributed by atoms with Crippen molar-refractivity contribution in [3.05, 3.63) is 37.2 Å². The Morgan fingerprint density at radius 1 is 1.53 bits per heavy atom. The average Bonchev–Trinajstić information content (AvgIpc) is 2.70. The van der Waals surface area contributed by atoms with Crippen molar-refractivity contribution in [3.63, 3.8) is 0 Å². The van der Waals surface area contributed by atoms with Gasteiger partial charge >= 0.3 is 5.97 Å². The maximum Gasteiger partial charge on any atom is 0.348 e. The van der Waals surface area contributed by atoms with Gasteiger partial charge in [0.1, 0.15) is 4.88 Å². The van der Waals surface area contributed by atoms with E-state index in [4.69, 9.17) is 22.4 Å². The van der Waals surface area contributed by atoms with Crippen LogP contribution in [0.15, 0.2) is 18.2 Å². The summed E-state index contributed by atoms with van der Waals surface area (Å²) in [5, 5.41) is 9.80. The molecule has 19 heavy (non-hydrogen) atoms. The van der Waals surface area contributed by atoms with Gasteiger partial charge in [-0.25, -0.2) is 4.79 Å². The predicted octanol–water partition coefficient (Wildman–Crippen LogP) is 4.52. The van der Waals surface area contributed by atoms with E-state index >= 15 is 0 Å². The highest BCUT2D eigenvalue weighted by Gasteiger charge is 2.20. The smallest absolute Gasteiger partial charge is 0.348 e. The molecule has 2 rings (SSSR count). The van der Waals surface area contributed by atoms with Gasteiger partial charge in [0.2, 0.25) is 0 Å². The molecule has 0 aliphatic carbocycles. The molecule has 0 saturated heterocycles. The first-order valence-electron chi connectivity index (χ1n) is 5.55. The summed E-state index contributed by atoms with van der Waals surface area (Å²) in [7, 11) is 0. The van der Waals surface area contributed by atoms with E-state index in [1.807, 2.05) is 25.1 Å². The summed E-state index contributed by atoms with van der Waals surface area (Å²) < 4.78 is 0.962. The van der Waals surface area contributed by atoms with Gasteiger partial charge in [0, 0.05) is 8.45 Å². The van der Waals surface area contributed by atoms with E-state index in [0.717, 1.165) is 19.6 Å². The number of nitrogens with two attached hydrogens (primary N) is 1. The Kier molecular flexibility index (Phi) is 4.37. The summed E-state index contributed by atoms with van der Waals surface area (Å²) in [4.78, 5) is 12.2. The molecule has 6 heteroatoms. The molecule has 0 unspecified atom stereocenters. The standard InChI is InChI=1S/C13H11ClINO2S/c1-2-7-10(16)12(13(17)18)19-11(7)6-3-4-9(15)8(14)5-6/h3-5H,2,16H2,1H3,(H,17,18). The molecule has 0 saturated carbocycles. The zero-order valence-electron chi connectivity index (χ0n) is 10.0. The Bertz CT molecular complexity index is 654. The van der Waals surface area contributed by atoms with Crippen LogP contribution in [-0.2, 0) is 6.42 Å². The lowest BCUT2D eigenvalue weighted by Crippen LogP contribution is -1.99. The fraction of sp³-hybridized carbons (Fsp3) is 0.154. The lowest BCUT2D eigenvalue weighted by Gasteiger charge is -2.04. The van der Waals surface area contributed by atoms with Crippen molar-refractivity contribution in [1.29, 1.82) is 0 Å². The number of carbonyl (C=O) groups is 1. The molecule has 0 fully saturated rings. The minimum absolute atomic E-state index is 0.196. The molecule has 0 atom stereocenters. The molecular weight excluding hydrogens is 397 g/mol. The van der Waals surface area contributed by atoms with Crippen LogP contribution in [0.1, 0.15) is 22.2 Å². The van der Waals surface area contributed by atoms with E-state index in [2.05, 4.69) is 22.6 Å². The van der Waals surface area contributed by atoms with Gasteiger partial charge in [-0.1, -0.05) is 24.6 Å². The topological polar surface area (TPSA) is 63.3 Å². The number of carboxylic acid groups (broad SMARTS) is 1. The van der Waals surface area contributed by atoms with Crippen LogP contribution in [0.25, 0.3) is 10.4 Å². The van der Waals surface area contributed by atoms with Gasteiger partial charge in [0.15, 0.2) is 0 Å². The van der Waals surface area contributed by atoms with Crippen molar-refractivity contribution in [2.24, 2.45) is 0 Å². The summed E-state index contributed by atoms with van der Waals surface area (Å²) in [6.45, 7) is 1.96. The minimum Gasteiger partial charge on any atom is -0.477 e. The van der Waals surface area contributed by atoms with E-state index in [0.29, 0.717) is 17.1 Å². The molecular formula is C13H11ClINO2S. The Morgan fingerprint density at radius 2 is 2.21 bits per heavy atom. The summed E-state index contributed by atoms with van der Waals surface area (Å²) >= 11 is 9.47. The molecule has 100 valence electrons. The van der Waals surface area contributed by atoms with Gasteiger partial charge in [-0.3, -0.25) is 0 Å². The second kappa shape index (κ2) is 5.68. The molecule has 0 spiro atoms. The van der Waals surface area contributed by atoms with Crippen LogP contribution in [0.2, 0.25) is 5.02 Å². The summed E-state index contributed by atoms with van der Waals surface area (Å²) in [6, 6.07) is 5.69. The Morgan fingerprint density at radius 3 is 2.74 bits per heavy atom. The van der Waals surface area contributed by atoms with Crippen molar-refractivity contribution < 1.29 is 9.90 Å². The van der Waals surface area contributed by atoms with Gasteiger partial charge in [-0.2, -0.15) is 0 Å². The van der Waals surface area contributed by atoms with Crippen LogP contribution >= 0.6 is 45.5 Å². The zero-order chi connectivity index (χ0) is 14.2. The number of rotatable bonds is 3. The number of anilines is 1. The van der Waals surface area contributed by atoms with Crippen LogP contribution in [0, 0.1) is 3.57 Å². The third-order valence-electron chi connectivity index (χ3n) is 2.78. The number of benzene rings is 1. The summed E-state index contributed by atoms with van der Waals surface area (Å²) in [6.07, 6.45) is 0.689. The lowest BCUT2D eigenvalue weighted by atomic mass is 10.1. The monoisotopic (exact) mass is 407 g/mol. The fourth-order valence-corrected chi connectivity index (χ4v) is 3.52. The molecule has 1 heterocycles. The van der Waals surface area contributed by atoms with Gasteiger partial charge in [0.05, 0.1) is 10.7 Å². The van der Waals surface area contributed by atoms with Crippen LogP contribution in [0.4, 0.5) is 5.69 Å². The number of thiophene rings is 1. The highest BCUT2D eigenvalue weighted by molar-refractivity contribution is 14.1. The van der Waals surface area contributed by atoms with Crippen LogP contribution in [0.3, 0.4) is 0 Å². The van der Waals surface area contributed by atoms with E-state index in [1.54, 1.807) is 0 Å². The highest BCUT2D eigenvalue weighted by atomic mass is 127. The minimum atomic E-state index is -0.986. The highest BCUT2D eigenvalue weighted by Crippen LogP contribution is 2.40. The van der Waals surface area contributed by atoms with Crippen molar-refractivity contribution in [2.75, 3.05) is 5.73 Å². The number of hydrogen-bond acceptors (Lipinski definition) is 3. The van der Waals surface area contributed by atoms with Crippen molar-refractivity contribution in [2.45, 2.75) is 13.3 Å². The molecule has 0 aliphatic rings. The Labute approximate surface area is 133 Å². The number of aromatic carboxylic acids is 1. The normalized spacial score (nSPS) is 10.7. The largest absolute Gasteiger partial charge is 0.477 e. The maximum absolute atomic E-state index is 11.2. The predicted molar refractivity (Wildman–Crippen MR) is 88.2 cm³/mol. The van der Waals surface area contributed by atoms with Crippen molar-refractivity contribution in [3.8, 4) is 10.4 Å². The number of carboxylic acids is 1. The van der Waals surface area contributed by atoms with Crippen LogP contribution in [0.5, 0.6) is 0 Å². The first kappa shape index (κ1) is 14.6. The van der Waals surface area contributed by atoms with Crippen molar-refractivity contribution in [1.82, 2.24) is 0 Å². The Balaban J connectivity index is 2.64. The molecule has 2 aromatic rings. The quantitative estimate of drug-likeness (QED) is 0.736. The second-order valence-electron chi connectivity index (χ2n) is 3.94. The van der Waals surface area contributed by atoms with E-state index in [9.17, 15) is 4.79 Å². The molecule has 3 N–H and O–H groups in total. The van der Waals surface area contributed by atoms with E-state index in [-0.39, 0.29) is 4.88 Å². The fourth-order valence-electron chi connectivity index (χ4n) is 1.86. The molecule has 3 nitrogen and oxygen atoms in total. The molecule has 1 aromatic carbocycles. The molecule has 0 aliphatic heterocycles. The third kappa shape index (κ3) is 2.73. The van der Waals surface area contributed by atoms with Gasteiger partial charge in [0.25, 0.3) is 0 Å². The van der Waals surface area contributed by atoms with E-state index in [1.165, 1.54) is 11.3 Å². The SMILES string of the molecule is CCc1c(-c2ccc(I)c(Cl)c2)sc(C(=O)O)c1N. The number of nitrogen functional groups attached to an aromatic ring is 1.